The summed E-state index contributed by atoms with van der Waals surface area (Å²) in [6.45, 7) is 7.09. The first-order chi connectivity index (χ1) is 15.3. The molecule has 4 heterocycles. The van der Waals surface area contributed by atoms with Gasteiger partial charge in [-0.05, 0) is 48.5 Å². The number of hydrogen-bond acceptors (Lipinski definition) is 7. The van der Waals surface area contributed by atoms with E-state index < -0.39 is 0 Å². The summed E-state index contributed by atoms with van der Waals surface area (Å²) < 4.78 is 27.8. The molecule has 0 radical (unpaired) electrons. The Morgan fingerprint density at radius 1 is 0.548 bits per heavy atom. The largest absolute Gasteiger partial charge is 0.457 e. The second kappa shape index (κ2) is 8.31. The van der Waals surface area contributed by atoms with Crippen molar-refractivity contribution in [1.82, 2.24) is 0 Å². The van der Waals surface area contributed by atoms with Crippen molar-refractivity contribution in [2.75, 3.05) is 62.4 Å². The lowest BCUT2D eigenvalue weighted by Crippen LogP contribution is -2.31. The van der Waals surface area contributed by atoms with Crippen molar-refractivity contribution in [1.29, 1.82) is 0 Å². The second-order valence-corrected chi connectivity index (χ2v) is 8.72. The average Bonchev–Trinajstić information content (AvgIpc) is 3.63. The molecule has 4 atom stereocenters. The molecule has 31 heavy (non-hydrogen) atoms. The Morgan fingerprint density at radius 3 is 1.10 bits per heavy atom. The van der Waals surface area contributed by atoms with E-state index in [-0.39, 0.29) is 0 Å². The quantitative estimate of drug-likeness (QED) is 0.486. The highest BCUT2D eigenvalue weighted by Gasteiger charge is 2.32. The molecule has 0 spiro atoms. The van der Waals surface area contributed by atoms with Gasteiger partial charge in [0.1, 0.15) is 11.5 Å². The molecular weight excluding hydrogens is 396 g/mol. The minimum Gasteiger partial charge on any atom is -0.457 e. The van der Waals surface area contributed by atoms with Crippen molar-refractivity contribution >= 4 is 11.4 Å². The normalized spacial score (nSPS) is 27.5. The summed E-state index contributed by atoms with van der Waals surface area (Å²) in [4.78, 5) is 4.69. The van der Waals surface area contributed by atoms with Gasteiger partial charge in [-0.1, -0.05) is 0 Å². The zero-order chi connectivity index (χ0) is 20.6. The smallest absolute Gasteiger partial charge is 0.127 e. The van der Waals surface area contributed by atoms with Gasteiger partial charge in [-0.3, -0.25) is 0 Å². The molecule has 164 valence electrons. The first-order valence-corrected chi connectivity index (χ1v) is 11.1. The molecule has 0 aliphatic carbocycles. The van der Waals surface area contributed by atoms with Crippen LogP contribution in [0.3, 0.4) is 0 Å². The molecule has 4 aliphatic rings. The van der Waals surface area contributed by atoms with Gasteiger partial charge in [0.2, 0.25) is 0 Å². The van der Waals surface area contributed by atoms with Crippen LogP contribution in [0.1, 0.15) is 0 Å². The monoisotopic (exact) mass is 424 g/mol. The number of benzene rings is 2. The molecular formula is C24H28N2O5. The maximum atomic E-state index is 6.09. The minimum absolute atomic E-state index is 0.353. The Hall–Kier alpha value is -2.32. The Kier molecular flexibility index (Phi) is 5.20. The van der Waals surface area contributed by atoms with E-state index in [4.69, 9.17) is 23.7 Å². The molecule has 2 aromatic rings. The highest BCUT2D eigenvalue weighted by Crippen LogP contribution is 2.29. The average molecular weight is 424 g/mol. The van der Waals surface area contributed by atoms with Crippen molar-refractivity contribution in [2.24, 2.45) is 0 Å². The number of rotatable bonds is 12. The third-order valence-corrected chi connectivity index (χ3v) is 5.95. The number of ether oxygens (including phenoxy) is 5. The molecule has 4 aliphatic heterocycles. The van der Waals surface area contributed by atoms with Crippen LogP contribution in [0, 0.1) is 0 Å². The molecule has 0 unspecified atom stereocenters. The summed E-state index contributed by atoms with van der Waals surface area (Å²) in [6, 6.07) is 16.6. The third-order valence-electron chi connectivity index (χ3n) is 5.95. The van der Waals surface area contributed by atoms with Crippen molar-refractivity contribution in [3.05, 3.63) is 48.5 Å². The number of nitrogens with zero attached hydrogens (tertiary/aromatic N) is 2. The van der Waals surface area contributed by atoms with E-state index in [0.29, 0.717) is 24.4 Å². The van der Waals surface area contributed by atoms with Gasteiger partial charge in [-0.2, -0.15) is 0 Å². The van der Waals surface area contributed by atoms with E-state index in [2.05, 4.69) is 34.1 Å². The van der Waals surface area contributed by atoms with Gasteiger partial charge in [0.05, 0.1) is 50.8 Å². The van der Waals surface area contributed by atoms with E-state index in [9.17, 15) is 0 Å². The second-order valence-electron chi connectivity index (χ2n) is 8.72. The Balaban J connectivity index is 1.08. The zero-order valence-corrected chi connectivity index (χ0v) is 17.5. The molecule has 2 aromatic carbocycles. The van der Waals surface area contributed by atoms with E-state index in [1.54, 1.807) is 0 Å². The summed E-state index contributed by atoms with van der Waals surface area (Å²) in [5, 5.41) is 0. The molecule has 0 N–H and O–H groups in total. The lowest BCUT2D eigenvalue weighted by Gasteiger charge is -2.24. The lowest BCUT2D eigenvalue weighted by atomic mass is 10.2. The van der Waals surface area contributed by atoms with Gasteiger partial charge in [0.15, 0.2) is 0 Å². The number of anilines is 2. The summed E-state index contributed by atoms with van der Waals surface area (Å²) in [5.41, 5.74) is 2.35. The van der Waals surface area contributed by atoms with Gasteiger partial charge < -0.3 is 33.5 Å². The molecule has 6 rings (SSSR count). The van der Waals surface area contributed by atoms with Crippen LogP contribution < -0.4 is 14.5 Å². The molecule has 0 saturated carbocycles. The maximum Gasteiger partial charge on any atom is 0.127 e. The SMILES string of the molecule is c1cc(N(C[C@@H]2CO2)C[C@@H]2CO2)ccc1Oc1ccc(N(C[C@@H]2CO2)C[C@@H]2CO2)cc1. The predicted octanol–water partition coefficient (Wildman–Crippen LogP) is 2.69. The van der Waals surface area contributed by atoms with Crippen LogP contribution in [-0.2, 0) is 18.9 Å². The summed E-state index contributed by atoms with van der Waals surface area (Å²) in [6.07, 6.45) is 1.41. The molecule has 4 saturated heterocycles. The lowest BCUT2D eigenvalue weighted by molar-refractivity contribution is 0.388. The fraction of sp³-hybridized carbons (Fsp3) is 0.500. The fourth-order valence-electron chi connectivity index (χ4n) is 3.83. The molecule has 7 nitrogen and oxygen atoms in total. The van der Waals surface area contributed by atoms with Crippen LogP contribution in [0.15, 0.2) is 48.5 Å². The first-order valence-electron chi connectivity index (χ1n) is 11.1. The summed E-state index contributed by atoms with van der Waals surface area (Å²) in [7, 11) is 0. The van der Waals surface area contributed by atoms with Crippen molar-refractivity contribution in [3.63, 3.8) is 0 Å². The number of hydrogen-bond donors (Lipinski definition) is 0. The highest BCUT2D eigenvalue weighted by molar-refractivity contribution is 5.52. The topological polar surface area (TPSA) is 65.8 Å². The zero-order valence-electron chi connectivity index (χ0n) is 17.5. The Morgan fingerprint density at radius 2 is 0.839 bits per heavy atom. The van der Waals surface area contributed by atoms with Gasteiger partial charge >= 0.3 is 0 Å². The number of epoxide rings is 4. The van der Waals surface area contributed by atoms with E-state index in [1.165, 1.54) is 11.4 Å². The van der Waals surface area contributed by atoms with Crippen molar-refractivity contribution < 1.29 is 23.7 Å². The van der Waals surface area contributed by atoms with Gasteiger partial charge in [-0.25, -0.2) is 0 Å². The Bertz CT molecular complexity index is 772. The summed E-state index contributed by atoms with van der Waals surface area (Å²) >= 11 is 0. The molecule has 0 amide bonds. The first kappa shape index (κ1) is 19.4. The minimum atomic E-state index is 0.353. The predicted molar refractivity (Wildman–Crippen MR) is 116 cm³/mol. The van der Waals surface area contributed by atoms with Gasteiger partial charge in [0, 0.05) is 37.6 Å². The summed E-state index contributed by atoms with van der Waals surface area (Å²) in [5.74, 6) is 1.66. The van der Waals surface area contributed by atoms with Crippen molar-refractivity contribution in [3.8, 4) is 11.5 Å². The van der Waals surface area contributed by atoms with E-state index >= 15 is 0 Å². The van der Waals surface area contributed by atoms with E-state index in [1.807, 2.05) is 24.3 Å². The van der Waals surface area contributed by atoms with Crippen LogP contribution in [0.5, 0.6) is 11.5 Å². The van der Waals surface area contributed by atoms with Crippen LogP contribution >= 0.6 is 0 Å². The van der Waals surface area contributed by atoms with Crippen molar-refractivity contribution in [2.45, 2.75) is 24.4 Å². The Labute approximate surface area is 182 Å². The van der Waals surface area contributed by atoms with Gasteiger partial charge in [-0.15, -0.1) is 0 Å². The maximum absolute atomic E-state index is 6.09. The van der Waals surface area contributed by atoms with Crippen LogP contribution in [-0.4, -0.2) is 77.0 Å². The fourth-order valence-corrected chi connectivity index (χ4v) is 3.83. The van der Waals surface area contributed by atoms with Gasteiger partial charge in [0.25, 0.3) is 0 Å². The van der Waals surface area contributed by atoms with Crippen LogP contribution in [0.2, 0.25) is 0 Å². The highest BCUT2D eigenvalue weighted by atomic mass is 16.6. The van der Waals surface area contributed by atoms with Crippen LogP contribution in [0.4, 0.5) is 11.4 Å². The molecule has 0 bridgehead atoms. The van der Waals surface area contributed by atoms with E-state index in [0.717, 1.165) is 64.1 Å². The molecule has 4 fully saturated rings. The van der Waals surface area contributed by atoms with Crippen LogP contribution in [0.25, 0.3) is 0 Å². The molecule has 7 heteroatoms. The standard InChI is InChI=1S/C24H28N2O5/c1-5-19(6-2-17(1)25(9-21-13-27-21)10-22-14-28-22)31-20-7-3-18(4-8-20)26(11-23-15-29-23)12-24-16-30-24/h1-8,21-24H,9-16H2/t21-,22-,23-,24-/m1/s1. The third kappa shape index (κ3) is 5.49. The molecule has 0 aromatic heterocycles.